The third kappa shape index (κ3) is 4.00. The van der Waals surface area contributed by atoms with Gasteiger partial charge in [-0.15, -0.1) is 11.3 Å². The van der Waals surface area contributed by atoms with E-state index in [1.807, 2.05) is 0 Å². The lowest BCUT2D eigenvalue weighted by Gasteiger charge is -2.12. The number of aromatic nitrogens is 1. The Hall–Kier alpha value is -1.47. The van der Waals surface area contributed by atoms with E-state index >= 15 is 0 Å². The fourth-order valence-corrected chi connectivity index (χ4v) is 2.36. The predicted octanol–water partition coefficient (Wildman–Crippen LogP) is 1.15. The molecule has 106 valence electrons. The van der Waals surface area contributed by atoms with Crippen LogP contribution in [0.5, 0.6) is 0 Å². The zero-order chi connectivity index (χ0) is 14.6. The van der Waals surface area contributed by atoms with E-state index in [4.69, 9.17) is 10.5 Å². The second kappa shape index (κ2) is 6.63. The zero-order valence-electron chi connectivity index (χ0n) is 11.5. The Balaban J connectivity index is 2.82. The average Bonchev–Trinajstić information content (AvgIpc) is 2.71. The molecule has 1 heterocycles. The minimum absolute atomic E-state index is 0.252. The van der Waals surface area contributed by atoms with Crippen molar-refractivity contribution in [2.24, 2.45) is 5.73 Å². The molecule has 0 radical (unpaired) electrons. The van der Waals surface area contributed by atoms with E-state index in [2.05, 4.69) is 10.3 Å². The number of carbonyl (C=O) groups is 2. The topological polar surface area (TPSA) is 94.3 Å². The van der Waals surface area contributed by atoms with Crippen molar-refractivity contribution in [3.63, 3.8) is 0 Å². The summed E-state index contributed by atoms with van der Waals surface area (Å²) in [6.07, 6.45) is 0. The number of rotatable bonds is 5. The second-order valence-corrected chi connectivity index (χ2v) is 5.24. The summed E-state index contributed by atoms with van der Waals surface area (Å²) in [7, 11) is 0. The third-order valence-electron chi connectivity index (χ3n) is 2.42. The lowest BCUT2D eigenvalue weighted by Crippen LogP contribution is -2.39. The van der Waals surface area contributed by atoms with E-state index in [0.717, 1.165) is 0 Å². The maximum Gasteiger partial charge on any atom is 0.350 e. The number of nitrogens with one attached hydrogen (secondary N) is 1. The van der Waals surface area contributed by atoms with Crippen LogP contribution in [-0.2, 0) is 9.53 Å². The van der Waals surface area contributed by atoms with Gasteiger partial charge in [-0.05, 0) is 27.7 Å². The summed E-state index contributed by atoms with van der Waals surface area (Å²) < 4.78 is 4.95. The van der Waals surface area contributed by atoms with Crippen LogP contribution in [0.3, 0.4) is 0 Å². The summed E-state index contributed by atoms with van der Waals surface area (Å²) in [5.41, 5.74) is 6.09. The Morgan fingerprint density at radius 3 is 2.63 bits per heavy atom. The van der Waals surface area contributed by atoms with Gasteiger partial charge in [-0.3, -0.25) is 4.79 Å². The lowest BCUT2D eigenvalue weighted by molar-refractivity contribution is -0.122. The molecule has 0 spiro atoms. The first-order valence-corrected chi connectivity index (χ1v) is 6.88. The molecular weight excluding hydrogens is 266 g/mol. The highest BCUT2D eigenvalue weighted by molar-refractivity contribution is 7.13. The number of carbonyl (C=O) groups excluding carboxylic acids is 2. The molecule has 0 aliphatic heterocycles. The van der Waals surface area contributed by atoms with Crippen LogP contribution in [0.2, 0.25) is 0 Å². The molecule has 1 unspecified atom stereocenters. The first-order valence-electron chi connectivity index (χ1n) is 6.07. The van der Waals surface area contributed by atoms with Gasteiger partial charge in [-0.1, -0.05) is 0 Å². The van der Waals surface area contributed by atoms with Crippen LogP contribution in [0.15, 0.2) is 0 Å². The molecule has 1 aromatic heterocycles. The molecule has 1 aromatic rings. The normalized spacial score (nSPS) is 13.7. The number of thiazole rings is 1. The van der Waals surface area contributed by atoms with E-state index < -0.39 is 6.04 Å². The minimum atomic E-state index is -0.576. The van der Waals surface area contributed by atoms with Gasteiger partial charge in [0.2, 0.25) is 5.91 Å². The quantitative estimate of drug-likeness (QED) is 0.791. The van der Waals surface area contributed by atoms with Gasteiger partial charge in [-0.25, -0.2) is 9.78 Å². The van der Waals surface area contributed by atoms with E-state index in [0.29, 0.717) is 22.2 Å². The van der Waals surface area contributed by atoms with Crippen molar-refractivity contribution in [1.29, 1.82) is 0 Å². The van der Waals surface area contributed by atoms with Crippen LogP contribution >= 0.6 is 11.3 Å². The van der Waals surface area contributed by atoms with Gasteiger partial charge in [0.15, 0.2) is 0 Å². The first-order chi connectivity index (χ1) is 8.86. The van der Waals surface area contributed by atoms with Gasteiger partial charge < -0.3 is 15.8 Å². The van der Waals surface area contributed by atoms with Crippen LogP contribution in [0, 0.1) is 6.92 Å². The molecule has 0 aliphatic carbocycles. The van der Waals surface area contributed by atoms with Gasteiger partial charge in [0, 0.05) is 0 Å². The summed E-state index contributed by atoms with van der Waals surface area (Å²) in [4.78, 5) is 27.9. The number of esters is 1. The van der Waals surface area contributed by atoms with Crippen molar-refractivity contribution in [1.82, 2.24) is 10.3 Å². The first kappa shape index (κ1) is 15.6. The Kier molecular flexibility index (Phi) is 5.44. The molecule has 0 aromatic carbocycles. The molecule has 1 rings (SSSR count). The Morgan fingerprint density at radius 1 is 1.47 bits per heavy atom. The summed E-state index contributed by atoms with van der Waals surface area (Å²) in [5.74, 6) is -0.632. The molecule has 19 heavy (non-hydrogen) atoms. The SMILES string of the molecule is CCOC(=O)c1sc(C(C)NC(=O)[C@@H](C)N)nc1C. The fraction of sp³-hybridized carbons (Fsp3) is 0.583. The standard InChI is InChI=1S/C12H19N3O3S/c1-5-18-12(17)9-7(3)15-11(19-9)8(4)14-10(16)6(2)13/h6,8H,5,13H2,1-4H3,(H,14,16)/t6-,8?/m1/s1. The molecular formula is C12H19N3O3S. The highest BCUT2D eigenvalue weighted by Gasteiger charge is 2.21. The van der Waals surface area contributed by atoms with E-state index in [9.17, 15) is 9.59 Å². The molecule has 7 heteroatoms. The summed E-state index contributed by atoms with van der Waals surface area (Å²) in [6.45, 7) is 7.22. The number of ether oxygens (including phenoxy) is 1. The predicted molar refractivity (Wildman–Crippen MR) is 73.0 cm³/mol. The Labute approximate surface area is 116 Å². The minimum Gasteiger partial charge on any atom is -0.462 e. The van der Waals surface area contributed by atoms with Crippen molar-refractivity contribution in [2.75, 3.05) is 6.61 Å². The summed E-state index contributed by atoms with van der Waals surface area (Å²) in [5, 5.41) is 3.40. The number of hydrogen-bond acceptors (Lipinski definition) is 6. The van der Waals surface area contributed by atoms with Gasteiger partial charge in [0.25, 0.3) is 0 Å². The van der Waals surface area contributed by atoms with Crippen molar-refractivity contribution in [3.05, 3.63) is 15.6 Å². The maximum atomic E-state index is 11.7. The number of nitrogens with zero attached hydrogens (tertiary/aromatic N) is 1. The van der Waals surface area contributed by atoms with E-state index in [-0.39, 0.29) is 17.9 Å². The molecule has 3 N–H and O–H groups in total. The molecule has 6 nitrogen and oxygen atoms in total. The number of nitrogens with two attached hydrogens (primary N) is 1. The molecule has 1 amide bonds. The molecule has 0 fully saturated rings. The molecule has 0 bridgehead atoms. The van der Waals surface area contributed by atoms with Crippen molar-refractivity contribution < 1.29 is 14.3 Å². The average molecular weight is 285 g/mol. The smallest absolute Gasteiger partial charge is 0.350 e. The van der Waals surface area contributed by atoms with Crippen LogP contribution in [0.1, 0.15) is 47.2 Å². The van der Waals surface area contributed by atoms with Gasteiger partial charge in [0.1, 0.15) is 9.88 Å². The number of amides is 1. The van der Waals surface area contributed by atoms with Crippen LogP contribution in [-0.4, -0.2) is 29.5 Å². The monoisotopic (exact) mass is 285 g/mol. The zero-order valence-corrected chi connectivity index (χ0v) is 12.3. The van der Waals surface area contributed by atoms with Gasteiger partial charge in [0.05, 0.1) is 24.4 Å². The number of hydrogen-bond donors (Lipinski definition) is 2. The molecule has 0 saturated heterocycles. The van der Waals surface area contributed by atoms with Gasteiger partial charge in [-0.2, -0.15) is 0 Å². The lowest BCUT2D eigenvalue weighted by atomic mass is 10.3. The van der Waals surface area contributed by atoms with Gasteiger partial charge >= 0.3 is 5.97 Å². The van der Waals surface area contributed by atoms with Crippen LogP contribution < -0.4 is 11.1 Å². The van der Waals surface area contributed by atoms with E-state index in [1.54, 1.807) is 27.7 Å². The summed E-state index contributed by atoms with van der Waals surface area (Å²) >= 11 is 1.23. The van der Waals surface area contributed by atoms with E-state index in [1.165, 1.54) is 11.3 Å². The number of aryl methyl sites for hydroxylation is 1. The van der Waals surface area contributed by atoms with Crippen molar-refractivity contribution >= 4 is 23.2 Å². The fourth-order valence-electron chi connectivity index (χ4n) is 1.40. The van der Waals surface area contributed by atoms with Crippen molar-refractivity contribution in [2.45, 2.75) is 39.8 Å². The third-order valence-corrected chi connectivity index (χ3v) is 3.74. The van der Waals surface area contributed by atoms with Crippen LogP contribution in [0.25, 0.3) is 0 Å². The second-order valence-electron chi connectivity index (χ2n) is 4.21. The Bertz CT molecular complexity index is 471. The van der Waals surface area contributed by atoms with Crippen molar-refractivity contribution in [3.8, 4) is 0 Å². The molecule has 0 aliphatic rings. The maximum absolute atomic E-state index is 11.7. The molecule has 0 saturated carbocycles. The van der Waals surface area contributed by atoms with Crippen LogP contribution in [0.4, 0.5) is 0 Å². The largest absolute Gasteiger partial charge is 0.462 e. The molecule has 2 atom stereocenters. The highest BCUT2D eigenvalue weighted by atomic mass is 32.1. The highest BCUT2D eigenvalue weighted by Crippen LogP contribution is 2.24. The Morgan fingerprint density at radius 2 is 2.11 bits per heavy atom. The summed E-state index contributed by atoms with van der Waals surface area (Å²) in [6, 6.07) is -0.863.